The Hall–Kier alpha value is -3.60. The molecule has 0 aliphatic rings. The van der Waals surface area contributed by atoms with Crippen LogP contribution in [0.15, 0.2) is 72.8 Å². The lowest BCUT2D eigenvalue weighted by molar-refractivity contribution is 0.233. The van der Waals surface area contributed by atoms with Crippen molar-refractivity contribution in [3.05, 3.63) is 106 Å². The molecule has 228 valence electrons. The van der Waals surface area contributed by atoms with E-state index in [2.05, 4.69) is 108 Å². The lowest BCUT2D eigenvalue weighted by Crippen LogP contribution is -2.33. The van der Waals surface area contributed by atoms with Crippen molar-refractivity contribution in [2.45, 2.75) is 66.3 Å². The predicted octanol–water partition coefficient (Wildman–Crippen LogP) is 8.90. The molecule has 0 aromatic heterocycles. The number of hydrogen-bond acceptors (Lipinski definition) is 4. The third-order valence-electron chi connectivity index (χ3n) is 8.35. The van der Waals surface area contributed by atoms with Gasteiger partial charge >= 0.3 is 0 Å². The number of nitrogens with zero attached hydrogens (tertiary/aromatic N) is 2. The Morgan fingerprint density at radius 3 is 1.77 bits per heavy atom. The molecule has 0 fully saturated rings. The number of hydrogen-bond donors (Lipinski definition) is 2. The van der Waals surface area contributed by atoms with Crippen LogP contribution in [-0.4, -0.2) is 53.7 Å². The van der Waals surface area contributed by atoms with Crippen LogP contribution in [0.5, 0.6) is 11.5 Å². The van der Waals surface area contributed by atoms with E-state index in [1.54, 1.807) is 0 Å². The maximum atomic E-state index is 11.9. The van der Waals surface area contributed by atoms with E-state index in [1.807, 2.05) is 30.3 Å². The van der Waals surface area contributed by atoms with Gasteiger partial charge < -0.3 is 15.1 Å². The first-order chi connectivity index (χ1) is 20.5. The van der Waals surface area contributed by atoms with E-state index >= 15 is 0 Å². The maximum absolute atomic E-state index is 11.9. The Labute approximate surface area is 259 Å². The number of phenols is 2. The van der Waals surface area contributed by atoms with Gasteiger partial charge in [0, 0.05) is 42.9 Å². The molecule has 0 saturated carbocycles. The molecule has 0 radical (unpaired) electrons. The minimum absolute atomic E-state index is 0.344. The third-order valence-corrected chi connectivity index (χ3v) is 8.35. The van der Waals surface area contributed by atoms with Gasteiger partial charge in [0.25, 0.3) is 0 Å². The molecule has 4 rings (SSSR count). The number of aromatic hydroxyl groups is 2. The van der Waals surface area contributed by atoms with Gasteiger partial charge in [0.05, 0.1) is 0 Å². The van der Waals surface area contributed by atoms with Crippen molar-refractivity contribution in [2.24, 2.45) is 0 Å². The first kappa shape index (κ1) is 32.3. The summed E-state index contributed by atoms with van der Waals surface area (Å²) < 4.78 is 0. The fraction of sp³-hybridized carbons (Fsp3) is 0.385. The average Bonchev–Trinajstić information content (AvgIpc) is 2.97. The molecular formula is C39H50N2O2. The second-order valence-electron chi connectivity index (χ2n) is 13.0. The minimum Gasteiger partial charge on any atom is -0.507 e. The van der Waals surface area contributed by atoms with Crippen molar-refractivity contribution in [2.75, 3.05) is 33.7 Å². The van der Waals surface area contributed by atoms with Crippen molar-refractivity contribution in [3.63, 3.8) is 0 Å². The lowest BCUT2D eigenvalue weighted by atomic mass is 9.83. The summed E-state index contributed by atoms with van der Waals surface area (Å²) in [5.41, 5.74) is 10.7. The van der Waals surface area contributed by atoms with E-state index in [1.165, 1.54) is 16.7 Å². The fourth-order valence-electron chi connectivity index (χ4n) is 6.04. The molecule has 0 aliphatic carbocycles. The Balaban J connectivity index is 1.69. The molecule has 4 aromatic carbocycles. The van der Waals surface area contributed by atoms with Gasteiger partial charge in [-0.2, -0.15) is 0 Å². The maximum Gasteiger partial charge on any atom is 0.127 e. The van der Waals surface area contributed by atoms with Gasteiger partial charge in [0.2, 0.25) is 0 Å². The molecule has 0 atom stereocenters. The first-order valence-corrected chi connectivity index (χ1v) is 15.7. The summed E-state index contributed by atoms with van der Waals surface area (Å²) in [6.07, 6.45) is 0.716. The van der Waals surface area contributed by atoms with Gasteiger partial charge in [-0.25, -0.2) is 0 Å². The fourth-order valence-corrected chi connectivity index (χ4v) is 6.04. The molecule has 0 saturated heterocycles. The highest BCUT2D eigenvalue weighted by Gasteiger charge is 2.21. The van der Waals surface area contributed by atoms with E-state index in [0.717, 1.165) is 58.6 Å². The molecule has 2 N–H and O–H groups in total. The second-order valence-corrected chi connectivity index (χ2v) is 13.0. The second kappa shape index (κ2) is 14.2. The van der Waals surface area contributed by atoms with Gasteiger partial charge in [0.15, 0.2) is 0 Å². The highest BCUT2D eigenvalue weighted by molar-refractivity contribution is 5.79. The molecule has 43 heavy (non-hydrogen) atoms. The van der Waals surface area contributed by atoms with Gasteiger partial charge in [0.1, 0.15) is 11.5 Å². The summed E-state index contributed by atoms with van der Waals surface area (Å²) in [6.45, 7) is 16.3. The number of aryl methyl sites for hydroxylation is 2. The quantitative estimate of drug-likeness (QED) is 0.176. The zero-order valence-electron chi connectivity index (χ0n) is 27.4. The van der Waals surface area contributed by atoms with Crippen LogP contribution in [0, 0.1) is 13.8 Å². The number of likely N-dealkylation sites (N-methyl/N-ethyl adjacent to an activating group) is 1. The van der Waals surface area contributed by atoms with Crippen LogP contribution in [0.2, 0.25) is 0 Å². The first-order valence-electron chi connectivity index (χ1n) is 15.7. The molecule has 0 heterocycles. The highest BCUT2D eigenvalue weighted by Crippen LogP contribution is 2.42. The van der Waals surface area contributed by atoms with Gasteiger partial charge in [-0.15, -0.1) is 0 Å². The van der Waals surface area contributed by atoms with Crippen LogP contribution in [0.25, 0.3) is 22.3 Å². The molecule has 0 unspecified atom stereocenters. The minimum atomic E-state index is 0.344. The SMILES string of the molecule is Cc1cc(CCN(CCN(C)C)Cc2cc(C)cc(-c3c(C(C)C)cccc3C(C)C)c2O)c(O)c(-c2ccccc2)c1. The summed E-state index contributed by atoms with van der Waals surface area (Å²) >= 11 is 0. The van der Waals surface area contributed by atoms with E-state index in [-0.39, 0.29) is 0 Å². The van der Waals surface area contributed by atoms with Gasteiger partial charge in [-0.1, -0.05) is 88.4 Å². The topological polar surface area (TPSA) is 46.9 Å². The van der Waals surface area contributed by atoms with Crippen LogP contribution in [0.4, 0.5) is 0 Å². The summed E-state index contributed by atoms with van der Waals surface area (Å²) in [7, 11) is 4.18. The highest BCUT2D eigenvalue weighted by atomic mass is 16.3. The summed E-state index contributed by atoms with van der Waals surface area (Å²) in [5, 5.41) is 23.2. The van der Waals surface area contributed by atoms with E-state index < -0.39 is 0 Å². The molecule has 0 aliphatic heterocycles. The number of phenolic OH excluding ortho intramolecular Hbond substituents is 2. The summed E-state index contributed by atoms with van der Waals surface area (Å²) in [4.78, 5) is 4.60. The molecule has 4 nitrogen and oxygen atoms in total. The van der Waals surface area contributed by atoms with Crippen molar-refractivity contribution in [3.8, 4) is 33.8 Å². The van der Waals surface area contributed by atoms with Gasteiger partial charge in [-0.05, 0) is 97.3 Å². The standard InChI is InChI=1S/C39H50N2O2/c1-26(2)33-15-12-16-34(27(3)4)37(33)36-24-29(6)22-32(39(36)43)25-41(20-19-40(7)8)18-17-31-21-28(5)23-35(38(31)42)30-13-10-9-11-14-30/h9-16,21-24,26-27,42-43H,17-20,25H2,1-8H3. The van der Waals surface area contributed by atoms with E-state index in [0.29, 0.717) is 36.3 Å². The van der Waals surface area contributed by atoms with Crippen LogP contribution in [0.3, 0.4) is 0 Å². The van der Waals surface area contributed by atoms with E-state index in [9.17, 15) is 10.2 Å². The Morgan fingerprint density at radius 1 is 0.628 bits per heavy atom. The average molecular weight is 579 g/mol. The summed E-state index contributed by atoms with van der Waals surface area (Å²) in [6, 6.07) is 25.1. The third kappa shape index (κ3) is 7.87. The molecule has 4 aromatic rings. The molecule has 0 spiro atoms. The van der Waals surface area contributed by atoms with Crippen LogP contribution >= 0.6 is 0 Å². The van der Waals surface area contributed by atoms with Crippen LogP contribution < -0.4 is 0 Å². The van der Waals surface area contributed by atoms with Crippen LogP contribution in [-0.2, 0) is 13.0 Å². The normalized spacial score (nSPS) is 11.8. The van der Waals surface area contributed by atoms with Crippen molar-refractivity contribution < 1.29 is 10.2 Å². The Morgan fingerprint density at radius 2 is 1.19 bits per heavy atom. The molecule has 4 heteroatoms. The number of benzene rings is 4. The molecule has 0 amide bonds. The largest absolute Gasteiger partial charge is 0.507 e. The van der Waals surface area contributed by atoms with Crippen molar-refractivity contribution >= 4 is 0 Å². The van der Waals surface area contributed by atoms with E-state index in [4.69, 9.17) is 0 Å². The zero-order valence-corrected chi connectivity index (χ0v) is 27.4. The molecule has 0 bridgehead atoms. The van der Waals surface area contributed by atoms with Crippen LogP contribution in [0.1, 0.15) is 72.9 Å². The van der Waals surface area contributed by atoms with Crippen molar-refractivity contribution in [1.29, 1.82) is 0 Å². The molecular weight excluding hydrogens is 528 g/mol. The van der Waals surface area contributed by atoms with Gasteiger partial charge in [-0.3, -0.25) is 4.90 Å². The Kier molecular flexibility index (Phi) is 10.7. The smallest absolute Gasteiger partial charge is 0.127 e. The zero-order chi connectivity index (χ0) is 31.3. The van der Waals surface area contributed by atoms with Crippen molar-refractivity contribution in [1.82, 2.24) is 9.80 Å². The number of rotatable bonds is 12. The summed E-state index contributed by atoms with van der Waals surface area (Å²) in [5.74, 6) is 1.42. The monoisotopic (exact) mass is 578 g/mol. The predicted molar refractivity (Wildman–Crippen MR) is 182 cm³/mol. The Bertz CT molecular complexity index is 1500. The lowest BCUT2D eigenvalue weighted by Gasteiger charge is -2.27.